The molecule has 2 aromatic rings. The number of aromatic nitrogens is 2. The Bertz CT molecular complexity index is 658. The van der Waals surface area contributed by atoms with Crippen LogP contribution in [0.5, 0.6) is 5.88 Å². The highest BCUT2D eigenvalue weighted by Gasteiger charge is 2.16. The van der Waals surface area contributed by atoms with Crippen molar-refractivity contribution in [2.24, 2.45) is 0 Å². The summed E-state index contributed by atoms with van der Waals surface area (Å²) >= 11 is 1.61. The molecule has 0 bridgehead atoms. The van der Waals surface area contributed by atoms with Crippen LogP contribution in [0.15, 0.2) is 29.1 Å². The van der Waals surface area contributed by atoms with Crippen LogP contribution < -0.4 is 5.56 Å². The van der Waals surface area contributed by atoms with E-state index < -0.39 is 17.3 Å². The fourth-order valence-electron chi connectivity index (χ4n) is 1.80. The van der Waals surface area contributed by atoms with E-state index in [0.29, 0.717) is 11.6 Å². The monoisotopic (exact) mass is 294 g/mol. The first-order valence-corrected chi connectivity index (χ1v) is 7.43. The number of thioether (sulfide) groups is 1. The smallest absolute Gasteiger partial charge is 0.262 e. The molecular formula is C14H15FN2O2S. The molecule has 0 spiro atoms. The van der Waals surface area contributed by atoms with E-state index in [-0.39, 0.29) is 11.1 Å². The van der Waals surface area contributed by atoms with Crippen molar-refractivity contribution in [3.8, 4) is 17.0 Å². The molecule has 2 N–H and O–H groups in total. The summed E-state index contributed by atoms with van der Waals surface area (Å²) in [6, 6.07) is 5.79. The van der Waals surface area contributed by atoms with Gasteiger partial charge in [-0.05, 0) is 18.2 Å². The highest BCUT2D eigenvalue weighted by Crippen LogP contribution is 2.26. The van der Waals surface area contributed by atoms with Gasteiger partial charge in [0.1, 0.15) is 17.2 Å². The van der Waals surface area contributed by atoms with Crippen LogP contribution in [0.25, 0.3) is 11.1 Å². The Hall–Kier alpha value is -1.82. The molecule has 0 radical (unpaired) electrons. The Morgan fingerprint density at radius 1 is 1.40 bits per heavy atom. The van der Waals surface area contributed by atoms with E-state index in [2.05, 4.69) is 16.9 Å². The Kier molecular flexibility index (Phi) is 4.79. The zero-order valence-corrected chi connectivity index (χ0v) is 11.8. The molecule has 0 aliphatic carbocycles. The Morgan fingerprint density at radius 3 is 2.80 bits per heavy atom. The van der Waals surface area contributed by atoms with E-state index >= 15 is 0 Å². The predicted molar refractivity (Wildman–Crippen MR) is 78.4 cm³/mol. The number of benzene rings is 1. The lowest BCUT2D eigenvalue weighted by Gasteiger charge is -2.06. The number of nitrogens with zero attached hydrogens (tertiary/aromatic N) is 1. The number of hydrogen-bond donors (Lipinski definition) is 2. The molecule has 0 amide bonds. The van der Waals surface area contributed by atoms with Gasteiger partial charge in [0.25, 0.3) is 5.56 Å². The summed E-state index contributed by atoms with van der Waals surface area (Å²) < 4.78 is 13.7. The first-order valence-electron chi connectivity index (χ1n) is 6.28. The van der Waals surface area contributed by atoms with Gasteiger partial charge in [-0.1, -0.05) is 25.1 Å². The summed E-state index contributed by atoms with van der Waals surface area (Å²) in [7, 11) is 0. The van der Waals surface area contributed by atoms with Gasteiger partial charge in [-0.25, -0.2) is 4.39 Å². The third kappa shape index (κ3) is 3.19. The standard InChI is InChI=1S/C14H15FN2O2S/c1-2-7-20-8-11-16-13(18)12(14(19)17-11)9-5-3-4-6-10(9)15/h3-6H,2,7-8H2,1H3,(H2,16,17,18,19). The lowest BCUT2D eigenvalue weighted by atomic mass is 10.1. The Morgan fingerprint density at radius 2 is 2.15 bits per heavy atom. The van der Waals surface area contributed by atoms with Crippen molar-refractivity contribution in [1.29, 1.82) is 0 Å². The summed E-state index contributed by atoms with van der Waals surface area (Å²) in [5.74, 6) is 0.841. The van der Waals surface area contributed by atoms with Crippen LogP contribution in [0.3, 0.4) is 0 Å². The first kappa shape index (κ1) is 14.6. The van der Waals surface area contributed by atoms with Gasteiger partial charge in [0.05, 0.1) is 5.75 Å². The normalized spacial score (nSPS) is 10.7. The number of hydrogen-bond acceptors (Lipinski definition) is 4. The highest BCUT2D eigenvalue weighted by molar-refractivity contribution is 7.98. The van der Waals surface area contributed by atoms with Crippen LogP contribution in [-0.2, 0) is 5.75 Å². The minimum absolute atomic E-state index is 0.0477. The molecule has 0 saturated carbocycles. The molecule has 0 fully saturated rings. The third-order valence-electron chi connectivity index (χ3n) is 2.68. The minimum atomic E-state index is -0.566. The third-order valence-corrected chi connectivity index (χ3v) is 3.85. The van der Waals surface area contributed by atoms with Gasteiger partial charge in [-0.3, -0.25) is 4.79 Å². The molecule has 20 heavy (non-hydrogen) atoms. The van der Waals surface area contributed by atoms with Gasteiger partial charge >= 0.3 is 0 Å². The molecule has 1 heterocycles. The second-order valence-corrected chi connectivity index (χ2v) is 5.35. The van der Waals surface area contributed by atoms with Crippen molar-refractivity contribution in [3.05, 3.63) is 46.3 Å². The van der Waals surface area contributed by atoms with Crippen LogP contribution in [0.2, 0.25) is 0 Å². The summed E-state index contributed by atoms with van der Waals surface area (Å²) in [6.07, 6.45) is 1.02. The predicted octanol–water partition coefficient (Wildman–Crippen LogP) is 2.92. The molecule has 1 aromatic carbocycles. The molecule has 0 atom stereocenters. The lowest BCUT2D eigenvalue weighted by molar-refractivity contribution is 0.450. The number of aromatic hydroxyl groups is 1. The van der Waals surface area contributed by atoms with Crippen molar-refractivity contribution in [3.63, 3.8) is 0 Å². The fourth-order valence-corrected chi connectivity index (χ4v) is 2.56. The fraction of sp³-hybridized carbons (Fsp3) is 0.286. The second-order valence-electron chi connectivity index (χ2n) is 4.24. The zero-order valence-electron chi connectivity index (χ0n) is 11.0. The number of nitrogens with one attached hydrogen (secondary N) is 1. The summed E-state index contributed by atoms with van der Waals surface area (Å²) in [6.45, 7) is 2.06. The van der Waals surface area contributed by atoms with Gasteiger partial charge in [-0.15, -0.1) is 0 Å². The van der Waals surface area contributed by atoms with E-state index in [9.17, 15) is 14.3 Å². The Balaban J connectivity index is 2.37. The maximum atomic E-state index is 13.7. The number of rotatable bonds is 5. The zero-order chi connectivity index (χ0) is 14.5. The molecule has 106 valence electrons. The molecular weight excluding hydrogens is 279 g/mol. The van der Waals surface area contributed by atoms with Gasteiger partial charge in [0.2, 0.25) is 5.88 Å². The average Bonchev–Trinajstić information content (AvgIpc) is 2.40. The minimum Gasteiger partial charge on any atom is -0.493 e. The average molecular weight is 294 g/mol. The summed E-state index contributed by atoms with van der Waals surface area (Å²) in [5.41, 5.74) is -0.617. The van der Waals surface area contributed by atoms with Crippen molar-refractivity contribution < 1.29 is 9.50 Å². The number of halogens is 1. The second kappa shape index (κ2) is 6.56. The van der Waals surface area contributed by atoms with E-state index in [1.165, 1.54) is 18.2 Å². The van der Waals surface area contributed by atoms with Crippen LogP contribution >= 0.6 is 11.8 Å². The molecule has 0 unspecified atom stereocenters. The van der Waals surface area contributed by atoms with E-state index in [1.54, 1.807) is 17.8 Å². The van der Waals surface area contributed by atoms with Crippen LogP contribution in [-0.4, -0.2) is 20.8 Å². The van der Waals surface area contributed by atoms with E-state index in [1.807, 2.05) is 0 Å². The highest BCUT2D eigenvalue weighted by atomic mass is 32.2. The quantitative estimate of drug-likeness (QED) is 0.832. The van der Waals surface area contributed by atoms with Crippen molar-refractivity contribution in [2.45, 2.75) is 19.1 Å². The maximum absolute atomic E-state index is 13.7. The first-order chi connectivity index (χ1) is 9.63. The lowest BCUT2D eigenvalue weighted by Crippen LogP contribution is -2.14. The van der Waals surface area contributed by atoms with Crippen LogP contribution in [0, 0.1) is 5.82 Å². The van der Waals surface area contributed by atoms with Gasteiger partial charge in [-0.2, -0.15) is 16.7 Å². The molecule has 0 aliphatic heterocycles. The van der Waals surface area contributed by atoms with Crippen molar-refractivity contribution in [2.75, 3.05) is 5.75 Å². The molecule has 1 aromatic heterocycles. The molecule has 2 rings (SSSR count). The van der Waals surface area contributed by atoms with Gasteiger partial charge < -0.3 is 10.1 Å². The van der Waals surface area contributed by atoms with Crippen LogP contribution in [0.4, 0.5) is 4.39 Å². The Labute approximate surface area is 120 Å². The maximum Gasteiger partial charge on any atom is 0.262 e. The van der Waals surface area contributed by atoms with E-state index in [4.69, 9.17) is 0 Å². The summed E-state index contributed by atoms with van der Waals surface area (Å²) in [5, 5.41) is 9.90. The SMILES string of the molecule is CCCSCc1nc(O)c(-c2ccccc2F)c(=O)[nH]1. The van der Waals surface area contributed by atoms with Gasteiger partial charge in [0.15, 0.2) is 0 Å². The largest absolute Gasteiger partial charge is 0.493 e. The number of aromatic amines is 1. The number of H-pyrrole nitrogens is 1. The molecule has 4 nitrogen and oxygen atoms in total. The van der Waals surface area contributed by atoms with Crippen molar-refractivity contribution in [1.82, 2.24) is 9.97 Å². The van der Waals surface area contributed by atoms with Gasteiger partial charge in [0, 0.05) is 5.56 Å². The molecule has 0 aliphatic rings. The topological polar surface area (TPSA) is 66.0 Å². The molecule has 6 heteroatoms. The van der Waals surface area contributed by atoms with Crippen LogP contribution in [0.1, 0.15) is 19.2 Å². The summed E-state index contributed by atoms with van der Waals surface area (Å²) in [4.78, 5) is 18.5. The van der Waals surface area contributed by atoms with Crippen molar-refractivity contribution >= 4 is 11.8 Å². The molecule has 0 saturated heterocycles. The van der Waals surface area contributed by atoms with E-state index in [0.717, 1.165) is 12.2 Å².